The third-order valence-electron chi connectivity index (χ3n) is 6.12. The minimum absolute atomic E-state index is 0.0119. The SMILES string of the molecule is Cc1ccccc1[C@@H](OC[C@H](O)CN1C(=O)NC2(CCCC2)C1=O)c1ccccc1. The molecule has 2 atom stereocenters. The van der Waals surface area contributed by atoms with E-state index in [1.165, 1.54) is 0 Å². The van der Waals surface area contributed by atoms with E-state index >= 15 is 0 Å². The highest BCUT2D eigenvalue weighted by Crippen LogP contribution is 2.35. The Labute approximate surface area is 176 Å². The molecule has 0 bridgehead atoms. The Morgan fingerprint density at radius 1 is 1.07 bits per heavy atom. The number of aryl methyl sites for hydroxylation is 1. The van der Waals surface area contributed by atoms with Gasteiger partial charge in [-0.2, -0.15) is 0 Å². The number of carbonyl (C=O) groups excluding carboxylic acids is 2. The predicted molar refractivity (Wildman–Crippen MR) is 113 cm³/mol. The van der Waals surface area contributed by atoms with Gasteiger partial charge in [-0.25, -0.2) is 4.79 Å². The normalized spacial score (nSPS) is 19.9. The molecule has 2 aliphatic rings. The summed E-state index contributed by atoms with van der Waals surface area (Å²) in [6.45, 7) is 1.97. The van der Waals surface area contributed by atoms with Crippen LogP contribution in [0.15, 0.2) is 54.6 Å². The second-order valence-corrected chi connectivity index (χ2v) is 8.27. The summed E-state index contributed by atoms with van der Waals surface area (Å²) in [5, 5.41) is 13.4. The fourth-order valence-corrected chi connectivity index (χ4v) is 4.50. The van der Waals surface area contributed by atoms with Gasteiger partial charge in [-0.3, -0.25) is 9.69 Å². The maximum absolute atomic E-state index is 12.8. The van der Waals surface area contributed by atoms with Crippen LogP contribution in [-0.4, -0.2) is 46.7 Å². The summed E-state index contributed by atoms with van der Waals surface area (Å²) in [5.41, 5.74) is 2.35. The van der Waals surface area contributed by atoms with Crippen molar-refractivity contribution >= 4 is 11.9 Å². The molecule has 1 aliphatic heterocycles. The molecule has 6 nitrogen and oxygen atoms in total. The van der Waals surface area contributed by atoms with Crippen molar-refractivity contribution in [3.8, 4) is 0 Å². The fraction of sp³-hybridized carbons (Fsp3) is 0.417. The zero-order valence-corrected chi connectivity index (χ0v) is 17.2. The van der Waals surface area contributed by atoms with Gasteiger partial charge in [0.25, 0.3) is 5.91 Å². The van der Waals surface area contributed by atoms with Crippen LogP contribution in [0.1, 0.15) is 48.5 Å². The summed E-state index contributed by atoms with van der Waals surface area (Å²) in [4.78, 5) is 26.3. The Hall–Kier alpha value is -2.70. The lowest BCUT2D eigenvalue weighted by atomic mass is 9.97. The molecule has 6 heteroatoms. The number of nitrogens with zero attached hydrogens (tertiary/aromatic N) is 1. The zero-order chi connectivity index (χ0) is 21.1. The van der Waals surface area contributed by atoms with Gasteiger partial charge >= 0.3 is 6.03 Å². The highest BCUT2D eigenvalue weighted by molar-refractivity contribution is 6.07. The van der Waals surface area contributed by atoms with E-state index in [0.29, 0.717) is 12.8 Å². The number of urea groups is 1. The molecule has 4 rings (SSSR count). The first-order valence-corrected chi connectivity index (χ1v) is 10.5. The van der Waals surface area contributed by atoms with E-state index in [9.17, 15) is 14.7 Å². The Kier molecular flexibility index (Phi) is 5.88. The van der Waals surface area contributed by atoms with Crippen molar-refractivity contribution in [3.05, 3.63) is 71.3 Å². The molecule has 30 heavy (non-hydrogen) atoms. The van der Waals surface area contributed by atoms with Crippen LogP contribution in [0, 0.1) is 6.92 Å². The summed E-state index contributed by atoms with van der Waals surface area (Å²) in [6.07, 6.45) is 1.90. The van der Waals surface area contributed by atoms with Crippen LogP contribution in [0.4, 0.5) is 4.79 Å². The monoisotopic (exact) mass is 408 g/mol. The topological polar surface area (TPSA) is 78.9 Å². The number of ether oxygens (including phenoxy) is 1. The Morgan fingerprint density at radius 2 is 1.73 bits per heavy atom. The first-order chi connectivity index (χ1) is 14.5. The molecule has 2 fully saturated rings. The number of aliphatic hydroxyl groups excluding tert-OH is 1. The van der Waals surface area contributed by atoms with E-state index in [1.807, 2.05) is 61.5 Å². The second-order valence-electron chi connectivity index (χ2n) is 8.27. The molecule has 1 aliphatic carbocycles. The van der Waals surface area contributed by atoms with Gasteiger partial charge in [-0.1, -0.05) is 67.4 Å². The number of imide groups is 1. The van der Waals surface area contributed by atoms with Crippen molar-refractivity contribution in [2.24, 2.45) is 0 Å². The van der Waals surface area contributed by atoms with Crippen molar-refractivity contribution < 1.29 is 19.4 Å². The molecular weight excluding hydrogens is 380 g/mol. The molecule has 1 saturated carbocycles. The van der Waals surface area contributed by atoms with Crippen molar-refractivity contribution in [2.45, 2.75) is 50.4 Å². The summed E-state index contributed by atoms with van der Waals surface area (Å²) in [5.74, 6) is -0.220. The van der Waals surface area contributed by atoms with Crippen molar-refractivity contribution in [3.63, 3.8) is 0 Å². The smallest absolute Gasteiger partial charge is 0.325 e. The maximum atomic E-state index is 12.8. The molecular formula is C24H28N2O4. The third-order valence-corrected chi connectivity index (χ3v) is 6.12. The number of hydrogen-bond donors (Lipinski definition) is 2. The highest BCUT2D eigenvalue weighted by Gasteiger charge is 2.52. The molecule has 3 amide bonds. The van der Waals surface area contributed by atoms with E-state index in [2.05, 4.69) is 5.32 Å². The van der Waals surface area contributed by atoms with Crippen LogP contribution in [-0.2, 0) is 9.53 Å². The average molecular weight is 408 g/mol. The van der Waals surface area contributed by atoms with Crippen molar-refractivity contribution in [1.29, 1.82) is 0 Å². The molecule has 2 aromatic carbocycles. The molecule has 2 N–H and O–H groups in total. The summed E-state index contributed by atoms with van der Waals surface area (Å²) in [7, 11) is 0. The zero-order valence-electron chi connectivity index (χ0n) is 17.2. The molecule has 1 saturated heterocycles. The average Bonchev–Trinajstić information content (AvgIpc) is 3.31. The van der Waals surface area contributed by atoms with Gasteiger partial charge in [-0.05, 0) is 36.5 Å². The summed E-state index contributed by atoms with van der Waals surface area (Å²) in [6, 6.07) is 17.4. The lowest BCUT2D eigenvalue weighted by Crippen LogP contribution is -2.45. The van der Waals surface area contributed by atoms with Crippen LogP contribution in [0.25, 0.3) is 0 Å². The van der Waals surface area contributed by atoms with Crippen LogP contribution in [0.3, 0.4) is 0 Å². The summed E-state index contributed by atoms with van der Waals surface area (Å²) >= 11 is 0. The first kappa shape index (κ1) is 20.6. The number of amides is 3. The number of carbonyl (C=O) groups is 2. The van der Waals surface area contributed by atoms with Crippen molar-refractivity contribution in [1.82, 2.24) is 10.2 Å². The van der Waals surface area contributed by atoms with Crippen molar-refractivity contribution in [2.75, 3.05) is 13.2 Å². The number of β-amino-alcohol motifs (C(OH)–C–C–N with tert-alkyl or cyclic N) is 1. The molecule has 2 aromatic rings. The standard InChI is InChI=1S/C24H28N2O4/c1-17-9-5-6-12-20(17)21(18-10-3-2-4-11-18)30-16-19(27)15-26-22(28)24(25-23(26)29)13-7-8-14-24/h2-6,9-12,19,21,27H,7-8,13-16H2,1H3,(H,25,29)/t19-,21+/m1/s1. The first-order valence-electron chi connectivity index (χ1n) is 10.5. The van der Waals surface area contributed by atoms with Gasteiger partial charge in [0.1, 0.15) is 11.6 Å². The Bertz CT molecular complexity index is 908. The van der Waals surface area contributed by atoms with Gasteiger partial charge in [-0.15, -0.1) is 0 Å². The van der Waals surface area contributed by atoms with Crippen LogP contribution < -0.4 is 5.32 Å². The number of benzene rings is 2. The van der Waals surface area contributed by atoms with Gasteiger partial charge in [0.15, 0.2) is 0 Å². The fourth-order valence-electron chi connectivity index (χ4n) is 4.50. The van der Waals surface area contributed by atoms with Crippen LogP contribution in [0.2, 0.25) is 0 Å². The molecule has 1 heterocycles. The van der Waals surface area contributed by atoms with E-state index < -0.39 is 17.7 Å². The molecule has 1 spiro atoms. The molecule has 0 radical (unpaired) electrons. The summed E-state index contributed by atoms with van der Waals surface area (Å²) < 4.78 is 6.13. The number of rotatable bonds is 7. The van der Waals surface area contributed by atoms with Gasteiger partial charge < -0.3 is 15.2 Å². The molecule has 0 unspecified atom stereocenters. The van der Waals surface area contributed by atoms with E-state index in [1.54, 1.807) is 0 Å². The molecule has 0 aromatic heterocycles. The maximum Gasteiger partial charge on any atom is 0.325 e. The number of aliphatic hydroxyl groups is 1. The minimum Gasteiger partial charge on any atom is -0.389 e. The Morgan fingerprint density at radius 3 is 2.43 bits per heavy atom. The predicted octanol–water partition coefficient (Wildman–Crippen LogP) is 3.33. The van der Waals surface area contributed by atoms with Gasteiger partial charge in [0.2, 0.25) is 0 Å². The van der Waals surface area contributed by atoms with Crippen LogP contribution in [0.5, 0.6) is 0 Å². The minimum atomic E-state index is -0.966. The Balaban J connectivity index is 1.44. The lowest BCUT2D eigenvalue weighted by molar-refractivity contribution is -0.132. The van der Waals surface area contributed by atoms with Gasteiger partial charge in [0, 0.05) is 0 Å². The third kappa shape index (κ3) is 3.98. The highest BCUT2D eigenvalue weighted by atomic mass is 16.5. The largest absolute Gasteiger partial charge is 0.389 e. The quantitative estimate of drug-likeness (QED) is 0.689. The van der Waals surface area contributed by atoms with E-state index in [-0.39, 0.29) is 25.2 Å². The van der Waals surface area contributed by atoms with Crippen LogP contribution >= 0.6 is 0 Å². The lowest BCUT2D eigenvalue weighted by Gasteiger charge is -2.24. The van der Waals surface area contributed by atoms with E-state index in [4.69, 9.17) is 4.74 Å². The van der Waals surface area contributed by atoms with E-state index in [0.717, 1.165) is 34.4 Å². The van der Waals surface area contributed by atoms with Gasteiger partial charge in [0.05, 0.1) is 19.3 Å². The number of nitrogens with one attached hydrogen (secondary N) is 1. The number of hydrogen-bond acceptors (Lipinski definition) is 4. The molecule has 158 valence electrons. The second kappa shape index (κ2) is 8.58.